The van der Waals surface area contributed by atoms with Crippen molar-refractivity contribution in [1.29, 1.82) is 0 Å². The maximum atomic E-state index is 13.6. The van der Waals surface area contributed by atoms with E-state index >= 15 is 0 Å². The number of ether oxygens (including phenoxy) is 1. The Hall–Kier alpha value is -3.93. The number of carbonyl (C=O) groups excluding carboxylic acids is 3. The zero-order valence-electron chi connectivity index (χ0n) is 33.3. The topological polar surface area (TPSA) is 180 Å². The highest BCUT2D eigenvalue weighted by Crippen LogP contribution is 2.36. The number of carbonyl (C=O) groups is 4. The molecule has 0 saturated carbocycles. The summed E-state index contributed by atoms with van der Waals surface area (Å²) in [5, 5.41) is 28.3. The lowest BCUT2D eigenvalue weighted by molar-refractivity contribution is -0.145. The highest BCUT2D eigenvalue weighted by atomic mass is 35.5. The summed E-state index contributed by atoms with van der Waals surface area (Å²) in [6.07, 6.45) is 7.21. The van der Waals surface area contributed by atoms with E-state index in [1.165, 1.54) is 25.7 Å². The van der Waals surface area contributed by atoms with Crippen molar-refractivity contribution < 1.29 is 34.1 Å². The van der Waals surface area contributed by atoms with Crippen LogP contribution in [0.5, 0.6) is 5.75 Å². The number of carboxylic acids is 1. The van der Waals surface area contributed by atoms with Gasteiger partial charge in [-0.2, -0.15) is 0 Å². The molecule has 5 unspecified atom stereocenters. The van der Waals surface area contributed by atoms with Crippen LogP contribution in [0.2, 0.25) is 5.02 Å². The van der Waals surface area contributed by atoms with Gasteiger partial charge in [0.15, 0.2) is 0 Å². The monoisotopic (exact) mass is 770 g/mol. The summed E-state index contributed by atoms with van der Waals surface area (Å²) in [4.78, 5) is 52.0. The predicted octanol–water partition coefficient (Wildman–Crippen LogP) is 6.15. The molecule has 54 heavy (non-hydrogen) atoms. The molecule has 3 amide bonds. The molecule has 0 aliphatic carbocycles. The summed E-state index contributed by atoms with van der Waals surface area (Å²) in [6, 6.07) is 11.3. The number of methoxy groups -OCH3 is 1. The van der Waals surface area contributed by atoms with Crippen LogP contribution in [0, 0.1) is 22.7 Å². The van der Waals surface area contributed by atoms with Crippen molar-refractivity contribution in [2.45, 2.75) is 112 Å². The second kappa shape index (κ2) is 21.8. The standard InChI is InChI=1S/C42H63ClN4O7/c1-9-12-32(28(3)31-18-15-29(24-44)16-19-31)27(2)13-10-11-14-37(49)46-34(22-30-17-20-36(54-8)33(43)21-30)38(50)45-25-42(7,26-48)40(53)47-35(39(51)52)23-41(4,5)6/h11,14-21,27-28,32,34-35,48H,9-10,12-13,22-26,44H2,1-8H3,(H,45,50)(H,46,49)(H,47,53)(H,51,52)/b14-11+/t27?,28?,32?,34-,35?,42?/m1/s1. The Labute approximate surface area is 326 Å². The number of halogens is 1. The molecule has 7 N–H and O–H groups in total. The lowest BCUT2D eigenvalue weighted by Crippen LogP contribution is -2.56. The molecule has 0 aromatic heterocycles. The minimum Gasteiger partial charge on any atom is -0.495 e. The fourth-order valence-corrected chi connectivity index (χ4v) is 6.87. The minimum absolute atomic E-state index is 0.0731. The largest absolute Gasteiger partial charge is 0.495 e. The molecule has 6 atom stereocenters. The van der Waals surface area contributed by atoms with E-state index < -0.39 is 53.2 Å². The molecule has 11 nitrogen and oxygen atoms in total. The van der Waals surface area contributed by atoms with Gasteiger partial charge in [0.2, 0.25) is 17.7 Å². The number of allylic oxidation sites excluding steroid dienone is 1. The normalized spacial score (nSPS) is 15.7. The van der Waals surface area contributed by atoms with Crippen molar-refractivity contribution >= 4 is 35.3 Å². The Morgan fingerprint density at radius 1 is 0.963 bits per heavy atom. The maximum absolute atomic E-state index is 13.6. The fourth-order valence-electron chi connectivity index (χ4n) is 6.59. The van der Waals surface area contributed by atoms with Crippen molar-refractivity contribution in [1.82, 2.24) is 16.0 Å². The van der Waals surface area contributed by atoms with Crippen LogP contribution in [0.25, 0.3) is 0 Å². The summed E-state index contributed by atoms with van der Waals surface area (Å²) < 4.78 is 5.25. The Morgan fingerprint density at radius 2 is 1.61 bits per heavy atom. The average molecular weight is 771 g/mol. The molecule has 12 heteroatoms. The summed E-state index contributed by atoms with van der Waals surface area (Å²) in [6.45, 7) is 13.3. The van der Waals surface area contributed by atoms with Gasteiger partial charge in [-0.1, -0.05) is 96.0 Å². The molecule has 0 heterocycles. The SMILES string of the molecule is CCCC(C(C)CC/C=C/C(=O)N[C@H](Cc1ccc(OC)c(Cl)c1)C(=O)NCC(C)(CO)C(=O)NC(CC(C)(C)C)C(=O)O)C(C)c1ccc(CN)cc1. The van der Waals surface area contributed by atoms with Crippen molar-refractivity contribution in [3.63, 3.8) is 0 Å². The van der Waals surface area contributed by atoms with Crippen LogP contribution in [0.4, 0.5) is 0 Å². The van der Waals surface area contributed by atoms with Gasteiger partial charge in [-0.3, -0.25) is 14.4 Å². The Bertz CT molecular complexity index is 1560. The smallest absolute Gasteiger partial charge is 0.326 e. The Morgan fingerprint density at radius 3 is 2.15 bits per heavy atom. The van der Waals surface area contributed by atoms with Gasteiger partial charge in [0, 0.05) is 19.5 Å². The average Bonchev–Trinajstić information content (AvgIpc) is 3.12. The number of aliphatic hydroxyl groups excluding tert-OH is 1. The number of hydrogen-bond donors (Lipinski definition) is 6. The first-order chi connectivity index (χ1) is 25.4. The Kier molecular flexibility index (Phi) is 18.7. The number of aliphatic hydroxyl groups is 1. The number of aliphatic carboxylic acids is 1. The molecule has 0 fully saturated rings. The molecule has 2 rings (SSSR count). The maximum Gasteiger partial charge on any atom is 0.326 e. The van der Waals surface area contributed by atoms with Crippen LogP contribution in [0.1, 0.15) is 103 Å². The van der Waals surface area contributed by atoms with E-state index in [0.29, 0.717) is 47.1 Å². The first kappa shape index (κ1) is 46.2. The first-order valence-electron chi connectivity index (χ1n) is 18.9. The molecule has 0 aliphatic rings. The van der Waals surface area contributed by atoms with Gasteiger partial charge in [0.05, 0.1) is 24.2 Å². The molecule has 300 valence electrons. The van der Waals surface area contributed by atoms with E-state index in [9.17, 15) is 29.4 Å². The van der Waals surface area contributed by atoms with Gasteiger partial charge in [-0.15, -0.1) is 0 Å². The summed E-state index contributed by atoms with van der Waals surface area (Å²) in [5.74, 6) is -1.29. The van der Waals surface area contributed by atoms with E-state index in [0.717, 1.165) is 24.8 Å². The molecule has 0 aliphatic heterocycles. The molecular weight excluding hydrogens is 708 g/mol. The number of carboxylic acid groups (broad SMARTS) is 1. The van der Waals surface area contributed by atoms with Crippen molar-refractivity contribution in [2.75, 3.05) is 20.3 Å². The highest BCUT2D eigenvalue weighted by Gasteiger charge is 2.37. The molecular formula is C42H63ClN4O7. The van der Waals surface area contributed by atoms with Gasteiger partial charge in [-0.25, -0.2) is 4.79 Å². The number of benzene rings is 2. The van der Waals surface area contributed by atoms with E-state index in [2.05, 4.69) is 61.0 Å². The predicted molar refractivity (Wildman–Crippen MR) is 214 cm³/mol. The van der Waals surface area contributed by atoms with Gasteiger partial charge in [-0.05, 0) is 90.7 Å². The lowest BCUT2D eigenvalue weighted by atomic mass is 9.75. The van der Waals surface area contributed by atoms with Crippen LogP contribution in [0.15, 0.2) is 54.6 Å². The number of amides is 3. The van der Waals surface area contributed by atoms with E-state index in [1.807, 2.05) is 26.8 Å². The summed E-state index contributed by atoms with van der Waals surface area (Å²) >= 11 is 6.35. The molecule has 0 radical (unpaired) electrons. The number of nitrogens with two attached hydrogens (primary N) is 1. The fraction of sp³-hybridized carbons (Fsp3) is 0.571. The van der Waals surface area contributed by atoms with E-state index in [-0.39, 0.29) is 19.4 Å². The van der Waals surface area contributed by atoms with Crippen LogP contribution in [0.3, 0.4) is 0 Å². The third kappa shape index (κ3) is 14.7. The van der Waals surface area contributed by atoms with Crippen LogP contribution in [-0.2, 0) is 32.1 Å². The highest BCUT2D eigenvalue weighted by molar-refractivity contribution is 6.32. The zero-order chi connectivity index (χ0) is 40.6. The lowest BCUT2D eigenvalue weighted by Gasteiger charge is -2.31. The van der Waals surface area contributed by atoms with Gasteiger partial charge in [0.25, 0.3) is 0 Å². The quantitative estimate of drug-likeness (QED) is 0.0772. The Balaban J connectivity index is 2.16. The van der Waals surface area contributed by atoms with Crippen LogP contribution in [-0.4, -0.2) is 66.2 Å². The third-order valence-electron chi connectivity index (χ3n) is 10.1. The molecule has 0 saturated heterocycles. The number of nitrogens with one attached hydrogen (secondary N) is 3. The second-order valence-electron chi connectivity index (χ2n) is 15.9. The number of hydrogen-bond acceptors (Lipinski definition) is 7. The minimum atomic E-state index is -1.54. The molecule has 2 aromatic carbocycles. The third-order valence-corrected chi connectivity index (χ3v) is 10.3. The number of rotatable bonds is 22. The van der Waals surface area contributed by atoms with Crippen molar-refractivity contribution in [2.24, 2.45) is 28.4 Å². The van der Waals surface area contributed by atoms with Crippen molar-refractivity contribution in [3.8, 4) is 5.75 Å². The van der Waals surface area contributed by atoms with Crippen LogP contribution < -0.4 is 26.4 Å². The molecule has 0 spiro atoms. The van der Waals surface area contributed by atoms with Crippen LogP contribution >= 0.6 is 11.6 Å². The summed E-state index contributed by atoms with van der Waals surface area (Å²) in [5.41, 5.74) is 6.91. The summed E-state index contributed by atoms with van der Waals surface area (Å²) in [7, 11) is 1.49. The van der Waals surface area contributed by atoms with Gasteiger partial charge < -0.3 is 36.6 Å². The van der Waals surface area contributed by atoms with E-state index in [1.54, 1.807) is 18.2 Å². The van der Waals surface area contributed by atoms with Gasteiger partial charge in [0.1, 0.15) is 17.8 Å². The van der Waals surface area contributed by atoms with Gasteiger partial charge >= 0.3 is 5.97 Å². The van der Waals surface area contributed by atoms with Crippen molar-refractivity contribution in [3.05, 3.63) is 76.3 Å². The molecule has 2 aromatic rings. The first-order valence-corrected chi connectivity index (χ1v) is 19.3. The zero-order valence-corrected chi connectivity index (χ0v) is 34.1. The van der Waals surface area contributed by atoms with E-state index in [4.69, 9.17) is 22.1 Å². The molecule has 0 bridgehead atoms. The second-order valence-corrected chi connectivity index (χ2v) is 16.4.